The maximum Gasteiger partial charge on any atom is 0.184 e. The Morgan fingerprint density at radius 1 is 1.22 bits per heavy atom. The normalized spacial score (nSPS) is 14.2. The molecular weight excluding hydrogens is 226 g/mol. The Hall–Kier alpha value is -1.97. The molecule has 0 radical (unpaired) electrons. The van der Waals surface area contributed by atoms with Crippen molar-refractivity contribution in [2.75, 3.05) is 0 Å². The number of rotatable bonds is 3. The molecule has 0 amide bonds. The first-order valence-electron chi connectivity index (χ1n) is 6.30. The number of benzene rings is 1. The van der Waals surface area contributed by atoms with Crippen LogP contribution in [-0.2, 0) is 19.4 Å². The van der Waals surface area contributed by atoms with Gasteiger partial charge < -0.3 is 0 Å². The molecule has 0 fully saturated rings. The van der Waals surface area contributed by atoms with E-state index in [0.29, 0.717) is 0 Å². The van der Waals surface area contributed by atoms with Crippen LogP contribution in [0.4, 0.5) is 0 Å². The summed E-state index contributed by atoms with van der Waals surface area (Å²) in [5.41, 5.74) is 3.52. The summed E-state index contributed by atoms with van der Waals surface area (Å²) in [6, 6.07) is 6.08. The molecule has 4 heteroatoms. The molecule has 92 valence electrons. The molecule has 0 saturated heterocycles. The predicted molar refractivity (Wildman–Crippen MR) is 67.4 cm³/mol. The van der Waals surface area contributed by atoms with Gasteiger partial charge in [0.25, 0.3) is 0 Å². The summed E-state index contributed by atoms with van der Waals surface area (Å²) in [7, 11) is 0. The molecule has 18 heavy (non-hydrogen) atoms. The molecule has 0 aliphatic heterocycles. The molecule has 0 bridgehead atoms. The third-order valence-corrected chi connectivity index (χ3v) is 3.44. The number of hydrogen-bond acceptors (Lipinski definition) is 3. The fourth-order valence-corrected chi connectivity index (χ4v) is 2.46. The maximum atomic E-state index is 12.1. The van der Waals surface area contributed by atoms with Crippen LogP contribution in [0.1, 0.15) is 34.3 Å². The second-order valence-electron chi connectivity index (χ2n) is 4.71. The zero-order chi connectivity index (χ0) is 12.4. The van der Waals surface area contributed by atoms with Gasteiger partial charge in [-0.1, -0.05) is 12.1 Å². The van der Waals surface area contributed by atoms with Crippen molar-refractivity contribution in [3.63, 3.8) is 0 Å². The molecule has 0 unspecified atom stereocenters. The number of Topliss-reactive ketones (excluding diaryl/α,β-unsaturated/α-hetero) is 1. The smallest absolute Gasteiger partial charge is 0.184 e. The fourth-order valence-electron chi connectivity index (χ4n) is 2.46. The molecule has 1 aromatic heterocycles. The minimum absolute atomic E-state index is 0.0915. The lowest BCUT2D eigenvalue weighted by Gasteiger charge is -2.16. The number of fused-ring (bicyclic) bond motifs is 1. The van der Waals surface area contributed by atoms with E-state index < -0.39 is 0 Å². The second kappa shape index (κ2) is 4.72. The van der Waals surface area contributed by atoms with Crippen LogP contribution in [0.3, 0.4) is 0 Å². The van der Waals surface area contributed by atoms with Crippen molar-refractivity contribution in [1.82, 2.24) is 14.8 Å². The van der Waals surface area contributed by atoms with Crippen LogP contribution in [0.2, 0.25) is 0 Å². The van der Waals surface area contributed by atoms with Crippen molar-refractivity contribution in [3.8, 4) is 0 Å². The van der Waals surface area contributed by atoms with E-state index in [1.165, 1.54) is 30.3 Å². The highest BCUT2D eigenvalue weighted by Crippen LogP contribution is 2.22. The summed E-state index contributed by atoms with van der Waals surface area (Å²) in [6.07, 6.45) is 7.75. The van der Waals surface area contributed by atoms with Crippen LogP contribution >= 0.6 is 0 Å². The molecule has 1 aliphatic rings. The SMILES string of the molecule is O=C(Cn1cncn1)c1ccc2c(c1)CCCC2. The van der Waals surface area contributed by atoms with E-state index in [2.05, 4.69) is 16.1 Å². The molecule has 3 rings (SSSR count). The number of carbonyl (C=O) groups excluding carboxylic acids is 1. The van der Waals surface area contributed by atoms with E-state index >= 15 is 0 Å². The van der Waals surface area contributed by atoms with Gasteiger partial charge >= 0.3 is 0 Å². The number of carbonyl (C=O) groups is 1. The summed E-state index contributed by atoms with van der Waals surface area (Å²) < 4.78 is 1.56. The Morgan fingerprint density at radius 3 is 2.83 bits per heavy atom. The molecule has 0 spiro atoms. The molecule has 4 nitrogen and oxygen atoms in total. The zero-order valence-corrected chi connectivity index (χ0v) is 10.2. The highest BCUT2D eigenvalue weighted by molar-refractivity contribution is 5.96. The summed E-state index contributed by atoms with van der Waals surface area (Å²) in [4.78, 5) is 15.9. The monoisotopic (exact) mass is 241 g/mol. The van der Waals surface area contributed by atoms with Gasteiger partial charge in [0.2, 0.25) is 0 Å². The molecule has 0 saturated carbocycles. The first kappa shape index (κ1) is 11.1. The summed E-state index contributed by atoms with van der Waals surface area (Å²) >= 11 is 0. The van der Waals surface area contributed by atoms with Crippen molar-refractivity contribution in [3.05, 3.63) is 47.5 Å². The minimum Gasteiger partial charge on any atom is -0.292 e. The average molecular weight is 241 g/mol. The van der Waals surface area contributed by atoms with Gasteiger partial charge in [-0.25, -0.2) is 9.67 Å². The van der Waals surface area contributed by atoms with E-state index in [-0.39, 0.29) is 12.3 Å². The predicted octanol–water partition coefficient (Wildman–Crippen LogP) is 2.04. The minimum atomic E-state index is 0.0915. The fraction of sp³-hybridized carbons (Fsp3) is 0.357. The Morgan fingerprint density at radius 2 is 2.06 bits per heavy atom. The van der Waals surface area contributed by atoms with Crippen LogP contribution < -0.4 is 0 Å². The molecule has 2 aromatic rings. The lowest BCUT2D eigenvalue weighted by Crippen LogP contribution is -2.12. The third kappa shape index (κ3) is 2.18. The number of hydrogen-bond donors (Lipinski definition) is 0. The maximum absolute atomic E-state index is 12.1. The Bertz CT molecular complexity index is 560. The lowest BCUT2D eigenvalue weighted by atomic mass is 9.90. The van der Waals surface area contributed by atoms with E-state index in [1.807, 2.05) is 12.1 Å². The number of nitrogens with zero attached hydrogens (tertiary/aromatic N) is 3. The second-order valence-corrected chi connectivity index (χ2v) is 4.71. The highest BCUT2D eigenvalue weighted by Gasteiger charge is 2.13. The Balaban J connectivity index is 1.81. The molecule has 1 aliphatic carbocycles. The van der Waals surface area contributed by atoms with Gasteiger partial charge in [0.1, 0.15) is 19.2 Å². The van der Waals surface area contributed by atoms with Crippen LogP contribution in [0.25, 0.3) is 0 Å². The van der Waals surface area contributed by atoms with E-state index in [0.717, 1.165) is 18.4 Å². The van der Waals surface area contributed by atoms with Gasteiger partial charge in [0.05, 0.1) is 0 Å². The van der Waals surface area contributed by atoms with Gasteiger partial charge in [-0.15, -0.1) is 0 Å². The van der Waals surface area contributed by atoms with Crippen molar-refractivity contribution in [2.45, 2.75) is 32.2 Å². The van der Waals surface area contributed by atoms with Gasteiger partial charge in [-0.2, -0.15) is 5.10 Å². The van der Waals surface area contributed by atoms with Crippen molar-refractivity contribution < 1.29 is 4.79 Å². The first-order valence-corrected chi connectivity index (χ1v) is 6.30. The van der Waals surface area contributed by atoms with Gasteiger partial charge in [-0.3, -0.25) is 4.79 Å². The first-order chi connectivity index (χ1) is 8.83. The number of aromatic nitrogens is 3. The quantitative estimate of drug-likeness (QED) is 0.773. The van der Waals surface area contributed by atoms with Crippen molar-refractivity contribution >= 4 is 5.78 Å². The van der Waals surface area contributed by atoms with Gasteiger partial charge in [-0.05, 0) is 42.9 Å². The van der Waals surface area contributed by atoms with Crippen LogP contribution in [0.15, 0.2) is 30.9 Å². The van der Waals surface area contributed by atoms with Gasteiger partial charge in [0.15, 0.2) is 5.78 Å². The zero-order valence-electron chi connectivity index (χ0n) is 10.2. The standard InChI is InChI=1S/C14H15N3O/c18-14(8-17-10-15-9-16-17)13-6-5-11-3-1-2-4-12(11)7-13/h5-7,9-10H,1-4,8H2. The number of aryl methyl sites for hydroxylation is 2. The van der Waals surface area contributed by atoms with Crippen LogP contribution in [0.5, 0.6) is 0 Å². The van der Waals surface area contributed by atoms with E-state index in [4.69, 9.17) is 0 Å². The largest absolute Gasteiger partial charge is 0.292 e. The van der Waals surface area contributed by atoms with Crippen LogP contribution in [-0.4, -0.2) is 20.5 Å². The third-order valence-electron chi connectivity index (χ3n) is 3.44. The van der Waals surface area contributed by atoms with E-state index in [9.17, 15) is 4.79 Å². The summed E-state index contributed by atoms with van der Waals surface area (Å²) in [5.74, 6) is 0.0915. The Kier molecular flexibility index (Phi) is 2.92. The molecule has 0 N–H and O–H groups in total. The molecule has 1 aromatic carbocycles. The van der Waals surface area contributed by atoms with Gasteiger partial charge in [0, 0.05) is 5.56 Å². The van der Waals surface area contributed by atoms with E-state index in [1.54, 1.807) is 11.0 Å². The summed E-state index contributed by atoms with van der Waals surface area (Å²) in [5, 5.41) is 3.95. The molecule has 1 heterocycles. The Labute approximate surface area is 106 Å². The summed E-state index contributed by atoms with van der Waals surface area (Å²) in [6.45, 7) is 0.263. The van der Waals surface area contributed by atoms with Crippen molar-refractivity contribution in [1.29, 1.82) is 0 Å². The van der Waals surface area contributed by atoms with Crippen molar-refractivity contribution in [2.24, 2.45) is 0 Å². The number of ketones is 1. The lowest BCUT2D eigenvalue weighted by molar-refractivity contribution is 0.0967. The van der Waals surface area contributed by atoms with Crippen LogP contribution in [0, 0.1) is 0 Å². The average Bonchev–Trinajstić information content (AvgIpc) is 2.91. The highest BCUT2D eigenvalue weighted by atomic mass is 16.1. The molecular formula is C14H15N3O. The topological polar surface area (TPSA) is 47.8 Å². The molecule has 0 atom stereocenters.